The van der Waals surface area contributed by atoms with Gasteiger partial charge in [0.15, 0.2) is 0 Å². The summed E-state index contributed by atoms with van der Waals surface area (Å²) in [6.45, 7) is 6.78. The fourth-order valence-corrected chi connectivity index (χ4v) is 2.55. The molecule has 0 aliphatic carbocycles. The summed E-state index contributed by atoms with van der Waals surface area (Å²) in [7, 11) is 1.80. The SMILES string of the molecule is Cc1cc(C)cc(N(C)C(=O)C2(C)COCC2N)c1. The molecule has 1 heterocycles. The van der Waals surface area contributed by atoms with Gasteiger partial charge < -0.3 is 15.4 Å². The Kier molecular flexibility index (Phi) is 3.65. The number of nitrogens with two attached hydrogens (primary N) is 1. The van der Waals surface area contributed by atoms with Gasteiger partial charge in [-0.15, -0.1) is 0 Å². The van der Waals surface area contributed by atoms with Crippen LogP contribution in [0, 0.1) is 19.3 Å². The number of hydrogen-bond acceptors (Lipinski definition) is 3. The minimum Gasteiger partial charge on any atom is -0.379 e. The molecule has 2 atom stereocenters. The van der Waals surface area contributed by atoms with E-state index in [0.717, 1.165) is 16.8 Å². The number of aryl methyl sites for hydroxylation is 2. The first-order valence-electron chi connectivity index (χ1n) is 6.54. The highest BCUT2D eigenvalue weighted by molar-refractivity contribution is 5.97. The maximum absolute atomic E-state index is 12.7. The maximum atomic E-state index is 12.7. The molecule has 1 saturated heterocycles. The minimum absolute atomic E-state index is 0.0162. The lowest BCUT2D eigenvalue weighted by Gasteiger charge is -2.31. The van der Waals surface area contributed by atoms with E-state index in [0.29, 0.717) is 13.2 Å². The Morgan fingerprint density at radius 3 is 2.42 bits per heavy atom. The summed E-state index contributed by atoms with van der Waals surface area (Å²) in [6.07, 6.45) is 0. The van der Waals surface area contributed by atoms with E-state index in [2.05, 4.69) is 6.07 Å². The second-order valence-electron chi connectivity index (χ2n) is 5.75. The minimum atomic E-state index is -0.633. The van der Waals surface area contributed by atoms with Crippen LogP contribution in [0.15, 0.2) is 18.2 Å². The fraction of sp³-hybridized carbons (Fsp3) is 0.533. The molecule has 1 aliphatic rings. The number of carbonyl (C=O) groups excluding carboxylic acids is 1. The molecule has 0 spiro atoms. The molecule has 0 radical (unpaired) electrons. The van der Waals surface area contributed by atoms with Crippen LogP contribution in [0.25, 0.3) is 0 Å². The molecular formula is C15H22N2O2. The van der Waals surface area contributed by atoms with E-state index in [-0.39, 0.29) is 11.9 Å². The second-order valence-corrected chi connectivity index (χ2v) is 5.75. The van der Waals surface area contributed by atoms with Crippen molar-refractivity contribution >= 4 is 11.6 Å². The number of ether oxygens (including phenoxy) is 1. The van der Waals surface area contributed by atoms with Gasteiger partial charge in [0.05, 0.1) is 18.6 Å². The first kappa shape index (κ1) is 14.0. The number of hydrogen-bond donors (Lipinski definition) is 1. The average Bonchev–Trinajstić information content (AvgIpc) is 2.68. The van der Waals surface area contributed by atoms with Gasteiger partial charge in [-0.25, -0.2) is 0 Å². The summed E-state index contributed by atoms with van der Waals surface area (Å²) in [5.41, 5.74) is 8.58. The highest BCUT2D eigenvalue weighted by Gasteiger charge is 2.46. The van der Waals surface area contributed by atoms with Crippen LogP contribution in [0.1, 0.15) is 18.1 Å². The lowest BCUT2D eigenvalue weighted by molar-refractivity contribution is -0.127. The van der Waals surface area contributed by atoms with E-state index in [1.807, 2.05) is 32.9 Å². The number of amides is 1. The molecule has 2 rings (SSSR count). The number of nitrogens with zero attached hydrogens (tertiary/aromatic N) is 1. The van der Waals surface area contributed by atoms with Crippen molar-refractivity contribution < 1.29 is 9.53 Å². The van der Waals surface area contributed by atoms with Crippen molar-refractivity contribution in [3.63, 3.8) is 0 Å². The molecule has 1 amide bonds. The topological polar surface area (TPSA) is 55.6 Å². The van der Waals surface area contributed by atoms with Gasteiger partial charge in [-0.2, -0.15) is 0 Å². The van der Waals surface area contributed by atoms with Gasteiger partial charge >= 0.3 is 0 Å². The van der Waals surface area contributed by atoms with Crippen LogP contribution in [0.5, 0.6) is 0 Å². The van der Waals surface area contributed by atoms with Gasteiger partial charge in [0, 0.05) is 18.8 Å². The summed E-state index contributed by atoms with van der Waals surface area (Å²) < 4.78 is 5.35. The highest BCUT2D eigenvalue weighted by Crippen LogP contribution is 2.31. The number of carbonyl (C=O) groups is 1. The lowest BCUT2D eigenvalue weighted by Crippen LogP contribution is -2.50. The number of anilines is 1. The average molecular weight is 262 g/mol. The molecule has 1 fully saturated rings. The van der Waals surface area contributed by atoms with Crippen molar-refractivity contribution in [2.75, 3.05) is 25.2 Å². The molecule has 19 heavy (non-hydrogen) atoms. The largest absolute Gasteiger partial charge is 0.379 e. The predicted octanol–water partition coefficient (Wildman–Crippen LogP) is 1.63. The van der Waals surface area contributed by atoms with E-state index in [1.165, 1.54) is 0 Å². The summed E-state index contributed by atoms with van der Waals surface area (Å²) in [4.78, 5) is 14.4. The first-order valence-corrected chi connectivity index (χ1v) is 6.54. The van der Waals surface area contributed by atoms with Gasteiger partial charge in [0.2, 0.25) is 5.91 Å². The molecule has 4 nitrogen and oxygen atoms in total. The van der Waals surface area contributed by atoms with Crippen molar-refractivity contribution in [1.82, 2.24) is 0 Å². The van der Waals surface area contributed by atoms with Crippen molar-refractivity contribution in [2.24, 2.45) is 11.1 Å². The summed E-state index contributed by atoms with van der Waals surface area (Å²) in [6, 6.07) is 5.87. The van der Waals surface area contributed by atoms with Gasteiger partial charge in [0.25, 0.3) is 0 Å². The Morgan fingerprint density at radius 1 is 1.37 bits per heavy atom. The van der Waals surface area contributed by atoms with Gasteiger partial charge in [-0.1, -0.05) is 6.07 Å². The molecule has 0 saturated carbocycles. The predicted molar refractivity (Wildman–Crippen MR) is 76.2 cm³/mol. The highest BCUT2D eigenvalue weighted by atomic mass is 16.5. The molecule has 2 unspecified atom stereocenters. The van der Waals surface area contributed by atoms with E-state index in [9.17, 15) is 4.79 Å². The van der Waals surface area contributed by atoms with Crippen LogP contribution in [0.3, 0.4) is 0 Å². The first-order chi connectivity index (χ1) is 8.84. The van der Waals surface area contributed by atoms with Crippen LogP contribution in [0.2, 0.25) is 0 Å². The van der Waals surface area contributed by atoms with Gasteiger partial charge in [0.1, 0.15) is 0 Å². The Morgan fingerprint density at radius 2 is 1.95 bits per heavy atom. The normalized spacial score (nSPS) is 26.5. The molecule has 2 N–H and O–H groups in total. The maximum Gasteiger partial charge on any atom is 0.236 e. The molecule has 4 heteroatoms. The molecular weight excluding hydrogens is 240 g/mol. The van der Waals surface area contributed by atoms with E-state index in [1.54, 1.807) is 11.9 Å². The zero-order valence-electron chi connectivity index (χ0n) is 12.1. The molecule has 1 aliphatic heterocycles. The Labute approximate surface area is 114 Å². The smallest absolute Gasteiger partial charge is 0.236 e. The summed E-state index contributed by atoms with van der Waals surface area (Å²) in [5, 5.41) is 0. The molecule has 0 aromatic heterocycles. The molecule has 104 valence electrons. The Hall–Kier alpha value is -1.39. The zero-order valence-corrected chi connectivity index (χ0v) is 12.1. The second kappa shape index (κ2) is 4.94. The molecule has 1 aromatic rings. The zero-order chi connectivity index (χ0) is 14.2. The number of rotatable bonds is 2. The van der Waals surface area contributed by atoms with Crippen LogP contribution in [-0.2, 0) is 9.53 Å². The van der Waals surface area contributed by atoms with E-state index in [4.69, 9.17) is 10.5 Å². The van der Waals surface area contributed by atoms with Crippen LogP contribution in [0.4, 0.5) is 5.69 Å². The standard InChI is InChI=1S/C15H22N2O2/c1-10-5-11(2)7-12(6-10)17(4)14(18)15(3)9-19-8-13(15)16/h5-7,13H,8-9,16H2,1-4H3. The van der Waals surface area contributed by atoms with E-state index >= 15 is 0 Å². The van der Waals surface area contributed by atoms with E-state index < -0.39 is 5.41 Å². The molecule has 0 bridgehead atoms. The van der Waals surface area contributed by atoms with Crippen molar-refractivity contribution in [1.29, 1.82) is 0 Å². The third-order valence-corrected chi connectivity index (χ3v) is 3.90. The van der Waals surface area contributed by atoms with Crippen molar-refractivity contribution in [3.8, 4) is 0 Å². The third kappa shape index (κ3) is 2.51. The third-order valence-electron chi connectivity index (χ3n) is 3.90. The summed E-state index contributed by atoms with van der Waals surface area (Å²) in [5.74, 6) is 0.0162. The van der Waals surface area contributed by atoms with Crippen LogP contribution >= 0.6 is 0 Å². The summed E-state index contributed by atoms with van der Waals surface area (Å²) >= 11 is 0. The Bertz CT molecular complexity index is 481. The quantitative estimate of drug-likeness (QED) is 0.881. The van der Waals surface area contributed by atoms with Crippen LogP contribution in [-0.4, -0.2) is 32.2 Å². The monoisotopic (exact) mass is 262 g/mol. The molecule has 1 aromatic carbocycles. The number of benzene rings is 1. The lowest BCUT2D eigenvalue weighted by atomic mass is 9.84. The van der Waals surface area contributed by atoms with Crippen LogP contribution < -0.4 is 10.6 Å². The fourth-order valence-electron chi connectivity index (χ4n) is 2.55. The van der Waals surface area contributed by atoms with Crippen molar-refractivity contribution in [2.45, 2.75) is 26.8 Å². The van der Waals surface area contributed by atoms with Crippen molar-refractivity contribution in [3.05, 3.63) is 29.3 Å². The van der Waals surface area contributed by atoms with Gasteiger partial charge in [-0.3, -0.25) is 4.79 Å². The Balaban J connectivity index is 2.28. The van der Waals surface area contributed by atoms with Gasteiger partial charge in [-0.05, 0) is 44.0 Å².